The Hall–Kier alpha value is -2.84. The number of carbonyl (C=O) groups excluding carboxylic acids is 2. The van der Waals surface area contributed by atoms with Crippen molar-refractivity contribution >= 4 is 17.6 Å². The van der Waals surface area contributed by atoms with E-state index in [1.54, 1.807) is 0 Å². The van der Waals surface area contributed by atoms with E-state index in [0.717, 1.165) is 6.07 Å². The van der Waals surface area contributed by atoms with Crippen molar-refractivity contribution in [2.45, 2.75) is 26.3 Å². The highest BCUT2D eigenvalue weighted by atomic mass is 16.6. The Morgan fingerprint density at radius 1 is 1.24 bits per heavy atom. The van der Waals surface area contributed by atoms with Gasteiger partial charge in [-0.05, 0) is 18.4 Å². The summed E-state index contributed by atoms with van der Waals surface area (Å²) in [5.41, 5.74) is -0.191. The summed E-state index contributed by atoms with van der Waals surface area (Å²) in [6, 6.07) is 3.02. The highest BCUT2D eigenvalue weighted by Gasteiger charge is 2.23. The van der Waals surface area contributed by atoms with Crippen molar-refractivity contribution in [3.63, 3.8) is 0 Å². The number of non-ortho nitro benzene ring substituents is 1. The Morgan fingerprint density at radius 3 is 2.44 bits per heavy atom. The molecule has 1 N–H and O–H groups in total. The Bertz CT molecular complexity index is 631. The van der Waals surface area contributed by atoms with Gasteiger partial charge < -0.3 is 19.5 Å². The van der Waals surface area contributed by atoms with Gasteiger partial charge in [-0.1, -0.05) is 13.8 Å². The van der Waals surface area contributed by atoms with Crippen LogP contribution in [0.4, 0.5) is 5.69 Å². The summed E-state index contributed by atoms with van der Waals surface area (Å²) >= 11 is 0. The van der Waals surface area contributed by atoms with Crippen LogP contribution in [0.15, 0.2) is 18.2 Å². The first-order valence-corrected chi connectivity index (χ1v) is 7.60. The molecular formula is C16H22N2O7. The number of carbonyl (C=O) groups is 2. The molecule has 0 radical (unpaired) electrons. The number of benzene rings is 1. The summed E-state index contributed by atoms with van der Waals surface area (Å²) in [6.45, 7) is 3.39. The predicted octanol–water partition coefficient (Wildman–Crippen LogP) is 1.69. The summed E-state index contributed by atoms with van der Waals surface area (Å²) in [4.78, 5) is 34.0. The minimum atomic E-state index is -0.784. The van der Waals surface area contributed by atoms with Crippen molar-refractivity contribution in [2.24, 2.45) is 5.92 Å². The van der Waals surface area contributed by atoms with Crippen LogP contribution in [0.1, 0.15) is 20.3 Å². The molecule has 0 aliphatic carbocycles. The van der Waals surface area contributed by atoms with Crippen molar-refractivity contribution in [3.8, 4) is 11.5 Å². The second kappa shape index (κ2) is 9.45. The molecule has 1 amide bonds. The zero-order valence-corrected chi connectivity index (χ0v) is 14.6. The number of rotatable bonds is 9. The zero-order valence-electron chi connectivity index (χ0n) is 14.6. The van der Waals surface area contributed by atoms with Crippen LogP contribution in [0.25, 0.3) is 0 Å². The number of esters is 1. The fourth-order valence-corrected chi connectivity index (χ4v) is 2.10. The molecule has 0 unspecified atom stereocenters. The third-order valence-electron chi connectivity index (χ3n) is 3.24. The molecule has 0 fully saturated rings. The third-order valence-corrected chi connectivity index (χ3v) is 3.24. The normalized spacial score (nSPS) is 11.6. The highest BCUT2D eigenvalue weighted by molar-refractivity contribution is 5.85. The molecule has 1 rings (SSSR count). The topological polar surface area (TPSA) is 117 Å². The van der Waals surface area contributed by atoms with Gasteiger partial charge in [0.05, 0.1) is 25.2 Å². The maximum atomic E-state index is 12.0. The van der Waals surface area contributed by atoms with E-state index in [1.807, 2.05) is 13.8 Å². The number of methoxy groups -OCH3 is 2. The minimum Gasteiger partial charge on any atom is -0.493 e. The summed E-state index contributed by atoms with van der Waals surface area (Å²) in [7, 11) is 2.62. The van der Waals surface area contributed by atoms with Gasteiger partial charge in [-0.15, -0.1) is 0 Å². The smallest absolute Gasteiger partial charge is 0.328 e. The number of nitro benzene ring substituents is 1. The number of hydrogen-bond acceptors (Lipinski definition) is 7. The molecule has 0 spiro atoms. The van der Waals surface area contributed by atoms with Crippen LogP contribution in [0.3, 0.4) is 0 Å². The Kier molecular flexibility index (Phi) is 7.64. The quantitative estimate of drug-likeness (QED) is 0.407. The molecule has 9 heteroatoms. The van der Waals surface area contributed by atoms with E-state index >= 15 is 0 Å². The van der Waals surface area contributed by atoms with Gasteiger partial charge in [-0.2, -0.15) is 0 Å². The summed E-state index contributed by atoms with van der Waals surface area (Å²) < 4.78 is 15.0. The number of nitrogens with one attached hydrogen (secondary N) is 1. The van der Waals surface area contributed by atoms with Gasteiger partial charge in [0.2, 0.25) is 0 Å². The minimum absolute atomic E-state index is 0.0605. The second-order valence-electron chi connectivity index (χ2n) is 5.65. The van der Waals surface area contributed by atoms with Crippen LogP contribution in [-0.2, 0) is 14.3 Å². The lowest BCUT2D eigenvalue weighted by atomic mass is 10.0. The highest BCUT2D eigenvalue weighted by Crippen LogP contribution is 2.31. The summed E-state index contributed by atoms with van der Waals surface area (Å²) in [5.74, 6) is -0.614. The average molecular weight is 354 g/mol. The molecule has 25 heavy (non-hydrogen) atoms. The SMILES string of the molecule is COC(=O)[C@@H](CC(C)C)NC(=O)COc1cc([N+](=O)[O-])ccc1OC. The Labute approximate surface area is 145 Å². The van der Waals surface area contributed by atoms with E-state index in [1.165, 1.54) is 26.4 Å². The van der Waals surface area contributed by atoms with Crippen molar-refractivity contribution in [2.75, 3.05) is 20.8 Å². The Balaban J connectivity index is 2.76. The van der Waals surface area contributed by atoms with E-state index in [9.17, 15) is 19.7 Å². The molecule has 9 nitrogen and oxygen atoms in total. The predicted molar refractivity (Wildman–Crippen MR) is 88.5 cm³/mol. The first-order valence-electron chi connectivity index (χ1n) is 7.60. The number of nitro groups is 1. The Morgan fingerprint density at radius 2 is 1.92 bits per heavy atom. The molecule has 0 bridgehead atoms. The molecule has 0 saturated carbocycles. The number of ether oxygens (including phenoxy) is 3. The van der Waals surface area contributed by atoms with Crippen LogP contribution >= 0.6 is 0 Å². The van der Waals surface area contributed by atoms with E-state index in [-0.39, 0.29) is 23.1 Å². The van der Waals surface area contributed by atoms with E-state index < -0.39 is 29.4 Å². The second-order valence-corrected chi connectivity index (χ2v) is 5.65. The lowest BCUT2D eigenvalue weighted by Crippen LogP contribution is -2.44. The van der Waals surface area contributed by atoms with Gasteiger partial charge in [0.1, 0.15) is 6.04 Å². The van der Waals surface area contributed by atoms with Crippen LogP contribution in [0.5, 0.6) is 11.5 Å². The molecule has 138 valence electrons. The van der Waals surface area contributed by atoms with Crippen LogP contribution in [0, 0.1) is 16.0 Å². The van der Waals surface area contributed by atoms with Crippen LogP contribution in [0.2, 0.25) is 0 Å². The average Bonchev–Trinajstić information content (AvgIpc) is 2.57. The lowest BCUT2D eigenvalue weighted by Gasteiger charge is -2.18. The van der Waals surface area contributed by atoms with E-state index in [2.05, 4.69) is 10.1 Å². The number of amides is 1. The van der Waals surface area contributed by atoms with Gasteiger partial charge in [0.25, 0.3) is 11.6 Å². The number of hydrogen-bond donors (Lipinski definition) is 1. The summed E-state index contributed by atoms with van der Waals surface area (Å²) in [6.07, 6.45) is 0.415. The van der Waals surface area contributed by atoms with Crippen molar-refractivity contribution in [1.82, 2.24) is 5.32 Å². The maximum Gasteiger partial charge on any atom is 0.328 e. The van der Waals surface area contributed by atoms with Crippen LogP contribution < -0.4 is 14.8 Å². The van der Waals surface area contributed by atoms with Crippen LogP contribution in [-0.4, -0.2) is 43.7 Å². The lowest BCUT2D eigenvalue weighted by molar-refractivity contribution is -0.385. The van der Waals surface area contributed by atoms with E-state index in [4.69, 9.17) is 9.47 Å². The van der Waals surface area contributed by atoms with E-state index in [0.29, 0.717) is 6.42 Å². The monoisotopic (exact) mass is 354 g/mol. The van der Waals surface area contributed by atoms with Gasteiger partial charge in [-0.3, -0.25) is 14.9 Å². The molecule has 0 heterocycles. The van der Waals surface area contributed by atoms with Gasteiger partial charge >= 0.3 is 5.97 Å². The molecule has 1 aromatic carbocycles. The zero-order chi connectivity index (χ0) is 19.0. The van der Waals surface area contributed by atoms with Crippen molar-refractivity contribution < 1.29 is 28.7 Å². The molecular weight excluding hydrogens is 332 g/mol. The fourth-order valence-electron chi connectivity index (χ4n) is 2.10. The first kappa shape index (κ1) is 20.2. The standard InChI is InChI=1S/C16H22N2O7/c1-10(2)7-12(16(20)24-4)17-15(19)9-25-14-8-11(18(21)22)5-6-13(14)23-3/h5-6,8,10,12H,7,9H2,1-4H3,(H,17,19)/t12-/m1/s1. The molecule has 0 aliphatic rings. The van der Waals surface area contributed by atoms with Gasteiger partial charge in [0, 0.05) is 6.07 Å². The largest absolute Gasteiger partial charge is 0.493 e. The maximum absolute atomic E-state index is 12.0. The molecule has 0 aliphatic heterocycles. The van der Waals surface area contributed by atoms with Gasteiger partial charge in [0.15, 0.2) is 18.1 Å². The first-order chi connectivity index (χ1) is 11.8. The molecule has 0 aromatic heterocycles. The number of nitrogens with zero attached hydrogens (tertiary/aromatic N) is 1. The molecule has 1 aromatic rings. The van der Waals surface area contributed by atoms with Gasteiger partial charge in [-0.25, -0.2) is 4.79 Å². The molecule has 1 atom stereocenters. The molecule has 0 saturated heterocycles. The summed E-state index contributed by atoms with van der Waals surface area (Å²) in [5, 5.41) is 13.4. The third kappa shape index (κ3) is 6.28. The fraction of sp³-hybridized carbons (Fsp3) is 0.500. The van der Waals surface area contributed by atoms with Crippen molar-refractivity contribution in [3.05, 3.63) is 28.3 Å². The van der Waals surface area contributed by atoms with Crippen molar-refractivity contribution in [1.29, 1.82) is 0 Å².